The maximum absolute atomic E-state index is 2.48. The molecular weight excluding hydrogens is 769 g/mol. The monoisotopic (exact) mass is 810 g/mol. The molecule has 0 amide bonds. The Bertz CT molecular complexity index is 3500. The number of hydrogen-bond acceptors (Lipinski definition) is 0. The molecule has 0 aliphatic heterocycles. The Balaban J connectivity index is 0.946. The lowest BCUT2D eigenvalue weighted by molar-refractivity contribution is 0.769. The summed E-state index contributed by atoms with van der Waals surface area (Å²) in [5.41, 5.74) is 19.6. The van der Waals surface area contributed by atoms with Crippen molar-refractivity contribution in [2.24, 2.45) is 0 Å². The molecular formula is C64H42. The van der Waals surface area contributed by atoms with Gasteiger partial charge in [-0.3, -0.25) is 0 Å². The summed E-state index contributed by atoms with van der Waals surface area (Å²) in [7, 11) is 0. The largest absolute Gasteiger partial charge is 0.0714 e. The van der Waals surface area contributed by atoms with Crippen LogP contribution in [0.5, 0.6) is 0 Å². The fourth-order valence-electron chi connectivity index (χ4n) is 11.7. The van der Waals surface area contributed by atoms with Crippen molar-refractivity contribution in [2.75, 3.05) is 0 Å². The van der Waals surface area contributed by atoms with Gasteiger partial charge in [-0.05, 0) is 135 Å². The van der Waals surface area contributed by atoms with E-state index in [1.54, 1.807) is 0 Å². The topological polar surface area (TPSA) is 0 Å². The van der Waals surface area contributed by atoms with E-state index in [0.29, 0.717) is 0 Å². The summed E-state index contributed by atoms with van der Waals surface area (Å²) in [5.74, 6) is 0. The predicted octanol–water partition coefficient (Wildman–Crippen LogP) is 16.1. The Hall–Kier alpha value is -8.06. The first-order valence-corrected chi connectivity index (χ1v) is 22.4. The third kappa shape index (κ3) is 5.17. The van der Waals surface area contributed by atoms with Crippen LogP contribution in [0.15, 0.2) is 255 Å². The molecule has 298 valence electrons. The molecule has 11 aromatic rings. The van der Waals surface area contributed by atoms with Crippen LogP contribution in [0.4, 0.5) is 0 Å². The van der Waals surface area contributed by atoms with E-state index in [-0.39, 0.29) is 0 Å². The van der Waals surface area contributed by atoms with Crippen molar-refractivity contribution in [3.8, 4) is 44.5 Å². The Morgan fingerprint density at radius 3 is 1.17 bits per heavy atom. The van der Waals surface area contributed by atoms with Crippen molar-refractivity contribution >= 4 is 21.5 Å². The highest BCUT2D eigenvalue weighted by Gasteiger charge is 2.48. The standard InChI is InChI=1S/C64H42/c1-5-18-50(19-6-1)63(51-20-7-2-8-21-51)58-28-16-15-27-55(58)56-36-33-48(41-60(56)63)46-31-29-45-40-47(32-30-44(45)39-46)49-34-37-57-61(42-49)64(52-22-9-3-10-23-52,53-24-11-4-12-25-53)59-38-35-43-17-13-14-26-54(43)62(57)59/h1-42H. The van der Waals surface area contributed by atoms with Crippen LogP contribution >= 0.6 is 0 Å². The Kier molecular flexibility index (Phi) is 8.14. The van der Waals surface area contributed by atoms with E-state index >= 15 is 0 Å². The van der Waals surface area contributed by atoms with Gasteiger partial charge in [0.15, 0.2) is 0 Å². The molecule has 0 saturated carbocycles. The van der Waals surface area contributed by atoms with Gasteiger partial charge in [0.25, 0.3) is 0 Å². The minimum atomic E-state index is -0.477. The van der Waals surface area contributed by atoms with Gasteiger partial charge >= 0.3 is 0 Å². The molecule has 0 saturated heterocycles. The van der Waals surface area contributed by atoms with Gasteiger partial charge in [-0.2, -0.15) is 0 Å². The van der Waals surface area contributed by atoms with E-state index in [0.717, 1.165) is 0 Å². The molecule has 13 rings (SSSR count). The lowest BCUT2D eigenvalue weighted by atomic mass is 9.67. The van der Waals surface area contributed by atoms with E-state index in [1.165, 1.54) is 111 Å². The van der Waals surface area contributed by atoms with Crippen LogP contribution in [-0.2, 0) is 10.8 Å². The fraction of sp³-hybridized carbons (Fsp3) is 0.0312. The average Bonchev–Trinajstić information content (AvgIpc) is 3.85. The van der Waals surface area contributed by atoms with Crippen LogP contribution in [0.2, 0.25) is 0 Å². The summed E-state index contributed by atoms with van der Waals surface area (Å²) >= 11 is 0. The summed E-state index contributed by atoms with van der Waals surface area (Å²) < 4.78 is 0. The van der Waals surface area contributed by atoms with Gasteiger partial charge < -0.3 is 0 Å². The van der Waals surface area contributed by atoms with Crippen LogP contribution in [0.25, 0.3) is 66.1 Å². The van der Waals surface area contributed by atoms with Crippen LogP contribution in [-0.4, -0.2) is 0 Å². The van der Waals surface area contributed by atoms with Gasteiger partial charge in [-0.1, -0.05) is 231 Å². The average molecular weight is 811 g/mol. The first kappa shape index (κ1) is 36.6. The van der Waals surface area contributed by atoms with Crippen molar-refractivity contribution < 1.29 is 0 Å². The molecule has 0 spiro atoms. The van der Waals surface area contributed by atoms with Gasteiger partial charge in [0.05, 0.1) is 10.8 Å². The van der Waals surface area contributed by atoms with E-state index in [1.807, 2.05) is 0 Å². The Morgan fingerprint density at radius 1 is 0.219 bits per heavy atom. The highest BCUT2D eigenvalue weighted by atomic mass is 14.5. The molecule has 64 heavy (non-hydrogen) atoms. The Morgan fingerprint density at radius 2 is 0.609 bits per heavy atom. The zero-order chi connectivity index (χ0) is 42.2. The second-order valence-electron chi connectivity index (χ2n) is 17.5. The first-order valence-electron chi connectivity index (χ1n) is 22.4. The summed E-state index contributed by atoms with van der Waals surface area (Å²) in [4.78, 5) is 0. The third-order valence-corrected chi connectivity index (χ3v) is 14.4. The molecule has 2 aliphatic carbocycles. The fourth-order valence-corrected chi connectivity index (χ4v) is 11.7. The molecule has 0 fully saturated rings. The minimum Gasteiger partial charge on any atom is -0.0622 e. The SMILES string of the molecule is c1ccc(C2(c3ccccc3)c3ccccc3-c3ccc(-c4ccc5cc(-c6ccc7c(c6)C(c6ccccc6)(c6ccccc6)c6ccc8ccccc8c6-7)ccc5c4)cc32)cc1. The van der Waals surface area contributed by atoms with Gasteiger partial charge in [-0.15, -0.1) is 0 Å². The normalized spacial score (nSPS) is 13.9. The molecule has 2 aliphatic rings. The lowest BCUT2D eigenvalue weighted by Crippen LogP contribution is -2.28. The first-order chi connectivity index (χ1) is 31.7. The van der Waals surface area contributed by atoms with Gasteiger partial charge in [0.1, 0.15) is 0 Å². The van der Waals surface area contributed by atoms with Crippen LogP contribution < -0.4 is 0 Å². The molecule has 0 unspecified atom stereocenters. The van der Waals surface area contributed by atoms with Crippen molar-refractivity contribution in [1.82, 2.24) is 0 Å². The maximum Gasteiger partial charge on any atom is 0.0714 e. The highest BCUT2D eigenvalue weighted by Crippen LogP contribution is 2.59. The lowest BCUT2D eigenvalue weighted by Gasteiger charge is -2.34. The van der Waals surface area contributed by atoms with E-state index in [2.05, 4.69) is 255 Å². The predicted molar refractivity (Wildman–Crippen MR) is 267 cm³/mol. The van der Waals surface area contributed by atoms with Gasteiger partial charge in [0.2, 0.25) is 0 Å². The zero-order valence-electron chi connectivity index (χ0n) is 35.2. The molecule has 0 heterocycles. The second-order valence-corrected chi connectivity index (χ2v) is 17.5. The van der Waals surface area contributed by atoms with Crippen LogP contribution in [0, 0.1) is 0 Å². The maximum atomic E-state index is 2.48. The highest BCUT2D eigenvalue weighted by molar-refractivity contribution is 6.05. The summed E-state index contributed by atoms with van der Waals surface area (Å²) in [6.45, 7) is 0. The van der Waals surface area contributed by atoms with E-state index in [4.69, 9.17) is 0 Å². The smallest absolute Gasteiger partial charge is 0.0622 e. The van der Waals surface area contributed by atoms with E-state index in [9.17, 15) is 0 Å². The van der Waals surface area contributed by atoms with Crippen molar-refractivity contribution in [3.05, 3.63) is 299 Å². The number of rotatable bonds is 6. The van der Waals surface area contributed by atoms with Gasteiger partial charge in [0, 0.05) is 0 Å². The number of hydrogen-bond donors (Lipinski definition) is 0. The second kappa shape index (κ2) is 14.2. The van der Waals surface area contributed by atoms with Crippen LogP contribution in [0.3, 0.4) is 0 Å². The van der Waals surface area contributed by atoms with Gasteiger partial charge in [-0.25, -0.2) is 0 Å². The third-order valence-electron chi connectivity index (χ3n) is 14.4. The number of benzene rings is 11. The van der Waals surface area contributed by atoms with Crippen molar-refractivity contribution in [3.63, 3.8) is 0 Å². The van der Waals surface area contributed by atoms with E-state index < -0.39 is 10.8 Å². The molecule has 0 N–H and O–H groups in total. The zero-order valence-corrected chi connectivity index (χ0v) is 35.2. The summed E-state index contributed by atoms with van der Waals surface area (Å²) in [6, 6.07) is 95.2. The van der Waals surface area contributed by atoms with Crippen LogP contribution in [0.1, 0.15) is 44.5 Å². The summed E-state index contributed by atoms with van der Waals surface area (Å²) in [6.07, 6.45) is 0. The molecule has 0 aromatic heterocycles. The number of fused-ring (bicyclic) bond motifs is 9. The summed E-state index contributed by atoms with van der Waals surface area (Å²) in [5, 5.41) is 5.01. The minimum absolute atomic E-state index is 0.431. The van der Waals surface area contributed by atoms with Crippen molar-refractivity contribution in [1.29, 1.82) is 0 Å². The molecule has 11 aromatic carbocycles. The Labute approximate surface area is 374 Å². The molecule has 0 heteroatoms. The van der Waals surface area contributed by atoms with Crippen molar-refractivity contribution in [2.45, 2.75) is 10.8 Å². The molecule has 0 nitrogen and oxygen atoms in total. The molecule has 0 bridgehead atoms. The quantitative estimate of drug-likeness (QED) is 0.157. The molecule has 0 atom stereocenters. The molecule has 0 radical (unpaired) electrons.